The lowest BCUT2D eigenvalue weighted by atomic mass is 9.90. The summed E-state index contributed by atoms with van der Waals surface area (Å²) in [5.74, 6) is 0.844. The van der Waals surface area contributed by atoms with Crippen molar-refractivity contribution < 1.29 is 24.5 Å². The van der Waals surface area contributed by atoms with E-state index >= 15 is 0 Å². The molecule has 5 rings (SSSR count). The van der Waals surface area contributed by atoms with Crippen molar-refractivity contribution in [2.45, 2.75) is 12.6 Å². The Morgan fingerprint density at radius 2 is 2.00 bits per heavy atom. The number of phenolic OH excluding ortho intramolecular Hbond substituents is 1. The van der Waals surface area contributed by atoms with Crippen molar-refractivity contribution in [1.29, 1.82) is 0 Å². The number of hydrogen-bond donors (Lipinski definition) is 2. The number of benzene rings is 3. The number of aryl methyl sites for hydroxylation is 1. The van der Waals surface area contributed by atoms with Gasteiger partial charge in [-0.05, 0) is 42.1 Å². The summed E-state index contributed by atoms with van der Waals surface area (Å²) in [6.45, 7) is 1.79. The number of methoxy groups -OCH3 is 1. The van der Waals surface area contributed by atoms with Gasteiger partial charge in [-0.3, -0.25) is 9.69 Å². The summed E-state index contributed by atoms with van der Waals surface area (Å²) in [6, 6.07) is 12.6. The molecule has 3 aromatic rings. The molecular weight excluding hydrogens is 358 g/mol. The Balaban J connectivity index is 1.93. The number of β-amino-alcohol motifs (C(OH)–C–C–N with tert-alkyl or cyclic N) is 1. The van der Waals surface area contributed by atoms with Gasteiger partial charge in [-0.15, -0.1) is 0 Å². The number of aliphatic hydroxyl groups is 1. The van der Waals surface area contributed by atoms with Crippen LogP contribution in [0, 0.1) is 6.92 Å². The molecule has 3 aromatic carbocycles. The Kier molecular flexibility index (Phi) is 3.39. The van der Waals surface area contributed by atoms with Crippen molar-refractivity contribution in [2.24, 2.45) is 0 Å². The number of carbonyl (C=O) groups is 1. The molecule has 28 heavy (non-hydrogen) atoms. The van der Waals surface area contributed by atoms with Crippen molar-refractivity contribution >= 4 is 16.7 Å². The molecule has 0 aliphatic carbocycles. The number of phenols is 1. The predicted molar refractivity (Wildman–Crippen MR) is 103 cm³/mol. The van der Waals surface area contributed by atoms with Crippen LogP contribution in [0.5, 0.6) is 17.2 Å². The van der Waals surface area contributed by atoms with Crippen LogP contribution in [-0.4, -0.2) is 41.3 Å². The fourth-order valence-electron chi connectivity index (χ4n) is 4.57. The Morgan fingerprint density at radius 1 is 1.18 bits per heavy atom. The Bertz CT molecular complexity index is 1160. The van der Waals surface area contributed by atoms with Gasteiger partial charge in [0.25, 0.3) is 5.91 Å². The molecule has 2 N–H and O–H groups in total. The minimum Gasteiger partial charge on any atom is -0.507 e. The smallest absolute Gasteiger partial charge is 0.258 e. The first kappa shape index (κ1) is 16.9. The van der Waals surface area contributed by atoms with Crippen molar-refractivity contribution in [3.8, 4) is 17.2 Å². The molecule has 0 bridgehead atoms. The fourth-order valence-corrected chi connectivity index (χ4v) is 4.57. The van der Waals surface area contributed by atoms with Crippen LogP contribution in [0.15, 0.2) is 42.5 Å². The van der Waals surface area contributed by atoms with Gasteiger partial charge in [0, 0.05) is 11.9 Å². The molecular formula is C22H19NO5. The Morgan fingerprint density at radius 3 is 2.75 bits per heavy atom. The highest BCUT2D eigenvalue weighted by molar-refractivity contribution is 6.05. The van der Waals surface area contributed by atoms with E-state index in [-0.39, 0.29) is 24.8 Å². The van der Waals surface area contributed by atoms with E-state index in [1.165, 1.54) is 12.0 Å². The van der Waals surface area contributed by atoms with E-state index in [2.05, 4.69) is 0 Å². The fraction of sp³-hybridized carbons (Fsp3) is 0.227. The molecule has 0 fully saturated rings. The molecule has 0 radical (unpaired) electrons. The van der Waals surface area contributed by atoms with Crippen molar-refractivity contribution in [1.82, 2.24) is 4.90 Å². The van der Waals surface area contributed by atoms with E-state index in [0.717, 1.165) is 16.3 Å². The predicted octanol–water partition coefficient (Wildman–Crippen LogP) is 2.90. The molecule has 6 nitrogen and oxygen atoms in total. The number of hydrogen-bond acceptors (Lipinski definition) is 5. The number of nitrogens with zero attached hydrogens (tertiary/aromatic N) is 1. The van der Waals surface area contributed by atoms with E-state index in [0.29, 0.717) is 28.2 Å². The van der Waals surface area contributed by atoms with Gasteiger partial charge in [0.15, 0.2) is 0 Å². The van der Waals surface area contributed by atoms with Crippen LogP contribution in [0.1, 0.15) is 27.0 Å². The van der Waals surface area contributed by atoms with E-state index < -0.39 is 5.72 Å². The monoisotopic (exact) mass is 377 g/mol. The highest BCUT2D eigenvalue weighted by Gasteiger charge is 2.59. The van der Waals surface area contributed by atoms with Crippen LogP contribution < -0.4 is 9.47 Å². The molecule has 1 spiro atoms. The molecule has 0 saturated heterocycles. The van der Waals surface area contributed by atoms with Gasteiger partial charge in [-0.2, -0.15) is 0 Å². The van der Waals surface area contributed by atoms with E-state index in [1.54, 1.807) is 24.3 Å². The van der Waals surface area contributed by atoms with Crippen molar-refractivity contribution in [3.63, 3.8) is 0 Å². The van der Waals surface area contributed by atoms with Crippen LogP contribution in [0.3, 0.4) is 0 Å². The van der Waals surface area contributed by atoms with E-state index in [4.69, 9.17) is 9.47 Å². The molecule has 2 aliphatic rings. The quantitative estimate of drug-likeness (QED) is 0.734. The number of aliphatic hydroxyl groups excluding tert-OH is 1. The number of carbonyl (C=O) groups excluding carboxylic acids is 1. The first-order valence-corrected chi connectivity index (χ1v) is 9.09. The maximum atomic E-state index is 13.3. The van der Waals surface area contributed by atoms with Gasteiger partial charge in [0.2, 0.25) is 5.72 Å². The molecule has 0 saturated carbocycles. The highest BCUT2D eigenvalue weighted by atomic mass is 16.5. The minimum atomic E-state index is -1.39. The number of rotatable bonds is 3. The van der Waals surface area contributed by atoms with Gasteiger partial charge in [-0.1, -0.05) is 18.2 Å². The van der Waals surface area contributed by atoms with Crippen LogP contribution in [-0.2, 0) is 5.72 Å². The Labute approximate surface area is 161 Å². The zero-order chi connectivity index (χ0) is 19.6. The topological polar surface area (TPSA) is 79.2 Å². The normalized spacial score (nSPS) is 19.4. The molecule has 2 aliphatic heterocycles. The third-order valence-corrected chi connectivity index (χ3v) is 5.56. The van der Waals surface area contributed by atoms with Crippen LogP contribution in [0.25, 0.3) is 10.8 Å². The van der Waals surface area contributed by atoms with E-state index in [9.17, 15) is 15.0 Å². The summed E-state index contributed by atoms with van der Waals surface area (Å²) in [4.78, 5) is 14.7. The van der Waals surface area contributed by atoms with Crippen molar-refractivity contribution in [2.75, 3.05) is 20.3 Å². The average molecular weight is 377 g/mol. The van der Waals surface area contributed by atoms with Crippen LogP contribution in [0.4, 0.5) is 0 Å². The lowest BCUT2D eigenvalue weighted by Gasteiger charge is -2.36. The van der Waals surface area contributed by atoms with Gasteiger partial charge < -0.3 is 19.7 Å². The summed E-state index contributed by atoms with van der Waals surface area (Å²) < 4.78 is 12.1. The number of amides is 1. The second-order valence-electron chi connectivity index (χ2n) is 7.13. The highest BCUT2D eigenvalue weighted by Crippen LogP contribution is 2.58. The lowest BCUT2D eigenvalue weighted by molar-refractivity contribution is -0.0281. The Hall–Kier alpha value is -3.25. The first-order chi connectivity index (χ1) is 13.5. The number of aromatic hydroxyl groups is 1. The summed E-state index contributed by atoms with van der Waals surface area (Å²) in [5.41, 5.74) is 1.11. The number of ether oxygens (including phenoxy) is 2. The number of fused-ring (bicyclic) bond motifs is 3. The second kappa shape index (κ2) is 5.62. The summed E-state index contributed by atoms with van der Waals surface area (Å²) in [7, 11) is 1.54. The maximum absolute atomic E-state index is 13.3. The zero-order valence-electron chi connectivity index (χ0n) is 15.5. The molecule has 142 valence electrons. The standard InChI is InChI=1S/C22H19NO5/c1-12-10-13-6-7-15(25)20-18(13)17(11-12)28-22(20)19-14(4-3-5-16(19)27-2)21(26)23(22)8-9-24/h3-7,10-11,24-25H,8-9H2,1-2H3/t22-/m0/s1. The average Bonchev–Trinajstić information content (AvgIpc) is 3.14. The lowest BCUT2D eigenvalue weighted by Crippen LogP contribution is -2.48. The summed E-state index contributed by atoms with van der Waals surface area (Å²) >= 11 is 0. The maximum Gasteiger partial charge on any atom is 0.258 e. The zero-order valence-corrected chi connectivity index (χ0v) is 15.5. The van der Waals surface area contributed by atoms with Crippen LogP contribution >= 0.6 is 0 Å². The minimum absolute atomic E-state index is 0.0320. The third kappa shape index (κ3) is 1.88. The van der Waals surface area contributed by atoms with Gasteiger partial charge in [0.1, 0.15) is 17.2 Å². The second-order valence-corrected chi connectivity index (χ2v) is 7.13. The van der Waals surface area contributed by atoms with Gasteiger partial charge in [-0.25, -0.2) is 0 Å². The molecule has 0 aromatic heterocycles. The van der Waals surface area contributed by atoms with E-state index in [1.807, 2.05) is 25.1 Å². The van der Waals surface area contributed by atoms with Gasteiger partial charge in [0.05, 0.1) is 30.4 Å². The van der Waals surface area contributed by atoms with Gasteiger partial charge >= 0.3 is 0 Å². The SMILES string of the molecule is COc1cccc2c1[C@@]1(Oc3cc(C)cc4ccc(O)c1c34)N(CCO)C2=O. The molecule has 2 heterocycles. The van der Waals surface area contributed by atoms with Crippen molar-refractivity contribution in [3.05, 3.63) is 64.7 Å². The molecule has 1 atom stereocenters. The molecule has 6 heteroatoms. The summed E-state index contributed by atoms with van der Waals surface area (Å²) in [6.07, 6.45) is 0. The molecule has 0 unspecified atom stereocenters. The molecule has 1 amide bonds. The first-order valence-electron chi connectivity index (χ1n) is 9.09. The summed E-state index contributed by atoms with van der Waals surface area (Å²) in [5, 5.41) is 22.2. The van der Waals surface area contributed by atoms with Crippen LogP contribution in [0.2, 0.25) is 0 Å². The third-order valence-electron chi connectivity index (χ3n) is 5.56. The largest absolute Gasteiger partial charge is 0.507 e.